The summed E-state index contributed by atoms with van der Waals surface area (Å²) in [6, 6.07) is 1.29. The van der Waals surface area contributed by atoms with Gasteiger partial charge in [-0.2, -0.15) is 4.98 Å². The average molecular weight is 329 g/mol. The fourth-order valence-corrected chi connectivity index (χ4v) is 2.10. The number of rotatable bonds is 5. The van der Waals surface area contributed by atoms with E-state index in [1.807, 2.05) is 0 Å². The summed E-state index contributed by atoms with van der Waals surface area (Å²) < 4.78 is 11.4. The maximum atomic E-state index is 11.8. The Labute approximate surface area is 131 Å². The van der Waals surface area contributed by atoms with Crippen molar-refractivity contribution in [2.45, 2.75) is 38.4 Å². The fraction of sp³-hybridized carbons (Fsp3) is 0.615. The summed E-state index contributed by atoms with van der Waals surface area (Å²) in [5.74, 6) is -0.864. The second-order valence-corrected chi connectivity index (χ2v) is 5.45. The van der Waals surface area contributed by atoms with Gasteiger partial charge in [0.1, 0.15) is 24.9 Å². The lowest BCUT2D eigenvalue weighted by molar-refractivity contribution is -0.153. The molecule has 2 heterocycles. The largest absolute Gasteiger partial charge is 0.463 e. The third-order valence-electron chi connectivity index (χ3n) is 3.42. The van der Waals surface area contributed by atoms with E-state index in [0.29, 0.717) is 0 Å². The predicted octanol–water partition coefficient (Wildman–Crippen LogP) is -1.14. The second-order valence-electron chi connectivity index (χ2n) is 5.45. The van der Waals surface area contributed by atoms with Gasteiger partial charge in [0, 0.05) is 6.20 Å². The van der Waals surface area contributed by atoms with Crippen LogP contribution in [0.4, 0.5) is 5.82 Å². The molecule has 4 N–H and O–H groups in total. The molecule has 0 spiro atoms. The normalized spacial score (nSPS) is 27.2. The molecule has 10 nitrogen and oxygen atoms in total. The number of hydrogen-bond donors (Lipinski definition) is 4. The van der Waals surface area contributed by atoms with E-state index >= 15 is 0 Å². The van der Waals surface area contributed by atoms with Gasteiger partial charge in [-0.3, -0.25) is 20.0 Å². The number of hydrogen-bond acceptors (Lipinski definition) is 9. The van der Waals surface area contributed by atoms with E-state index < -0.39 is 36.2 Å². The van der Waals surface area contributed by atoms with Crippen LogP contribution in [0, 0.1) is 5.92 Å². The standard InChI is InChI=1S/C13H19N3O7/c1-6(2)12(19)22-5-7-9(17)10(18)11(23-7)16-4-3-8(15-21)14-13(16)20/h3-4,6-7,9-11,17-18,21H,5H2,1-2H3,(H,14,15,20)/t7-,9+,10?,11-/m1/s1. The van der Waals surface area contributed by atoms with Crippen LogP contribution in [0.1, 0.15) is 20.1 Å². The number of anilines is 1. The molecule has 2 rings (SSSR count). The Bertz CT molecular complexity index is 618. The summed E-state index contributed by atoms with van der Waals surface area (Å²) in [6.07, 6.45) is -3.63. The van der Waals surface area contributed by atoms with Crippen LogP contribution in [0.2, 0.25) is 0 Å². The molecule has 1 aromatic heterocycles. The molecule has 10 heteroatoms. The number of carbonyl (C=O) groups excluding carboxylic acids is 1. The molecule has 1 aromatic rings. The molecule has 0 amide bonds. The van der Waals surface area contributed by atoms with Gasteiger partial charge in [0.15, 0.2) is 12.0 Å². The van der Waals surface area contributed by atoms with Crippen LogP contribution in [-0.4, -0.2) is 55.9 Å². The quantitative estimate of drug-likeness (QED) is 0.389. The van der Waals surface area contributed by atoms with Crippen molar-refractivity contribution in [3.05, 3.63) is 22.7 Å². The molecule has 1 fully saturated rings. The van der Waals surface area contributed by atoms with Crippen molar-refractivity contribution in [1.82, 2.24) is 9.55 Å². The van der Waals surface area contributed by atoms with Crippen LogP contribution in [0.25, 0.3) is 0 Å². The summed E-state index contributed by atoms with van der Waals surface area (Å²) in [7, 11) is 0. The molecule has 0 aromatic carbocycles. The SMILES string of the molecule is CC(C)C(=O)OC[C@H]1O[C@@H](n2ccc(NO)nc2=O)C(O)[C@H]1O. The van der Waals surface area contributed by atoms with E-state index in [9.17, 15) is 19.8 Å². The van der Waals surface area contributed by atoms with Crippen LogP contribution < -0.4 is 11.2 Å². The van der Waals surface area contributed by atoms with Gasteiger partial charge in [-0.05, 0) is 6.07 Å². The predicted molar refractivity (Wildman–Crippen MR) is 75.6 cm³/mol. The number of aliphatic hydroxyl groups excluding tert-OH is 2. The Morgan fingerprint density at radius 2 is 2.17 bits per heavy atom. The summed E-state index contributed by atoms with van der Waals surface area (Å²) in [6.45, 7) is 3.08. The minimum atomic E-state index is -1.40. The summed E-state index contributed by atoms with van der Waals surface area (Å²) in [5.41, 5.74) is 0.931. The molecule has 0 saturated carbocycles. The first-order valence-electron chi connectivity index (χ1n) is 7.02. The number of nitrogens with zero attached hydrogens (tertiary/aromatic N) is 2. The Hall–Kier alpha value is -2.01. The first kappa shape index (κ1) is 17.3. The Morgan fingerprint density at radius 1 is 1.48 bits per heavy atom. The number of aliphatic hydroxyl groups is 2. The first-order chi connectivity index (χ1) is 10.8. The highest BCUT2D eigenvalue weighted by Gasteiger charge is 2.44. The minimum absolute atomic E-state index is 0.0679. The van der Waals surface area contributed by atoms with Crippen LogP contribution in [0.3, 0.4) is 0 Å². The maximum absolute atomic E-state index is 11.8. The van der Waals surface area contributed by atoms with Gasteiger partial charge >= 0.3 is 11.7 Å². The average Bonchev–Trinajstić information content (AvgIpc) is 2.80. The van der Waals surface area contributed by atoms with Gasteiger partial charge in [0.25, 0.3) is 0 Å². The van der Waals surface area contributed by atoms with Crippen molar-refractivity contribution in [3.63, 3.8) is 0 Å². The number of esters is 1. The van der Waals surface area contributed by atoms with Crippen molar-refractivity contribution < 1.29 is 29.7 Å². The molecule has 128 valence electrons. The van der Waals surface area contributed by atoms with Crippen molar-refractivity contribution in [2.24, 2.45) is 5.92 Å². The Balaban J connectivity index is 2.10. The van der Waals surface area contributed by atoms with Crippen molar-refractivity contribution >= 4 is 11.8 Å². The third-order valence-corrected chi connectivity index (χ3v) is 3.42. The maximum Gasteiger partial charge on any atom is 0.351 e. The lowest BCUT2D eigenvalue weighted by atomic mass is 10.1. The number of ether oxygens (including phenoxy) is 2. The van der Waals surface area contributed by atoms with E-state index in [4.69, 9.17) is 14.7 Å². The minimum Gasteiger partial charge on any atom is -0.463 e. The smallest absolute Gasteiger partial charge is 0.351 e. The van der Waals surface area contributed by atoms with Crippen LogP contribution >= 0.6 is 0 Å². The lowest BCUT2D eigenvalue weighted by Crippen LogP contribution is -2.36. The fourth-order valence-electron chi connectivity index (χ4n) is 2.10. The lowest BCUT2D eigenvalue weighted by Gasteiger charge is -2.17. The van der Waals surface area contributed by atoms with Crippen LogP contribution in [0.15, 0.2) is 17.1 Å². The zero-order valence-corrected chi connectivity index (χ0v) is 12.6. The highest BCUT2D eigenvalue weighted by Crippen LogP contribution is 2.28. The third kappa shape index (κ3) is 3.67. The second kappa shape index (κ2) is 7.04. The van der Waals surface area contributed by atoms with Gasteiger partial charge in [0.05, 0.1) is 5.92 Å². The first-order valence-corrected chi connectivity index (χ1v) is 7.02. The van der Waals surface area contributed by atoms with Gasteiger partial charge in [-0.15, -0.1) is 0 Å². The van der Waals surface area contributed by atoms with E-state index in [-0.39, 0.29) is 18.3 Å². The van der Waals surface area contributed by atoms with Gasteiger partial charge in [-0.25, -0.2) is 4.79 Å². The number of nitrogens with one attached hydrogen (secondary N) is 1. The number of carbonyl (C=O) groups is 1. The molecule has 23 heavy (non-hydrogen) atoms. The summed E-state index contributed by atoms with van der Waals surface area (Å²) in [5, 5.41) is 28.7. The highest BCUT2D eigenvalue weighted by molar-refractivity contribution is 5.71. The van der Waals surface area contributed by atoms with Gasteiger partial charge in [-0.1, -0.05) is 13.8 Å². The zero-order valence-electron chi connectivity index (χ0n) is 12.6. The molecule has 1 aliphatic heterocycles. The molecule has 4 atom stereocenters. The summed E-state index contributed by atoms with van der Waals surface area (Å²) in [4.78, 5) is 26.8. The number of aromatic nitrogens is 2. The molecule has 1 aliphatic rings. The Kier molecular flexibility index (Phi) is 5.31. The molecule has 0 bridgehead atoms. The van der Waals surface area contributed by atoms with E-state index in [0.717, 1.165) is 4.57 Å². The molecule has 0 aliphatic carbocycles. The topological polar surface area (TPSA) is 143 Å². The molecule has 0 radical (unpaired) electrons. The molecule has 1 unspecified atom stereocenters. The molecular formula is C13H19N3O7. The Morgan fingerprint density at radius 3 is 2.74 bits per heavy atom. The summed E-state index contributed by atoms with van der Waals surface area (Å²) >= 11 is 0. The van der Waals surface area contributed by atoms with Crippen molar-refractivity contribution in [2.75, 3.05) is 12.1 Å². The van der Waals surface area contributed by atoms with Crippen molar-refractivity contribution in [3.8, 4) is 0 Å². The van der Waals surface area contributed by atoms with E-state index in [2.05, 4.69) is 4.98 Å². The zero-order chi connectivity index (χ0) is 17.1. The van der Waals surface area contributed by atoms with Gasteiger partial charge in [0.2, 0.25) is 0 Å². The van der Waals surface area contributed by atoms with Crippen LogP contribution in [0.5, 0.6) is 0 Å². The van der Waals surface area contributed by atoms with E-state index in [1.165, 1.54) is 12.3 Å². The highest BCUT2D eigenvalue weighted by atomic mass is 16.6. The van der Waals surface area contributed by atoms with Gasteiger partial charge < -0.3 is 19.7 Å². The van der Waals surface area contributed by atoms with Crippen LogP contribution in [-0.2, 0) is 14.3 Å². The van der Waals surface area contributed by atoms with E-state index in [1.54, 1.807) is 19.3 Å². The monoisotopic (exact) mass is 329 g/mol. The van der Waals surface area contributed by atoms with Crippen molar-refractivity contribution in [1.29, 1.82) is 0 Å². The molecule has 1 saturated heterocycles. The molecular weight excluding hydrogens is 310 g/mol.